The van der Waals surface area contributed by atoms with Crippen LogP contribution in [0.5, 0.6) is 0 Å². The molecule has 0 aliphatic heterocycles. The maximum absolute atomic E-state index is 11.6. The maximum Gasteiger partial charge on any atom is 0.412 e. The third-order valence-corrected chi connectivity index (χ3v) is 2.50. The van der Waals surface area contributed by atoms with Crippen LogP contribution in [0.3, 0.4) is 0 Å². The predicted molar refractivity (Wildman–Crippen MR) is 75.7 cm³/mol. The summed E-state index contributed by atoms with van der Waals surface area (Å²) in [6.07, 6.45) is -0.300. The van der Waals surface area contributed by atoms with Crippen LogP contribution in [0.15, 0.2) is 18.2 Å². The Morgan fingerprint density at radius 2 is 1.95 bits per heavy atom. The number of ether oxygens (including phenoxy) is 1. The minimum atomic E-state index is -0.557. The summed E-state index contributed by atoms with van der Waals surface area (Å²) < 4.78 is 5.14. The van der Waals surface area contributed by atoms with Gasteiger partial charge < -0.3 is 4.74 Å². The zero-order chi connectivity index (χ0) is 14.6. The zero-order valence-corrected chi connectivity index (χ0v) is 12.3. The Labute approximate surface area is 118 Å². The van der Waals surface area contributed by atoms with Crippen molar-refractivity contribution in [1.82, 2.24) is 0 Å². The second-order valence-electron chi connectivity index (χ2n) is 5.31. The molecule has 0 aliphatic carbocycles. The van der Waals surface area contributed by atoms with E-state index in [1.54, 1.807) is 39.0 Å². The molecule has 104 valence electrons. The molecule has 0 saturated heterocycles. The first-order chi connectivity index (χ1) is 8.67. The van der Waals surface area contributed by atoms with E-state index in [-0.39, 0.29) is 12.2 Å². The van der Waals surface area contributed by atoms with Crippen molar-refractivity contribution in [2.24, 2.45) is 0 Å². The molecule has 0 fully saturated rings. The Balaban J connectivity index is 2.79. The SMILES string of the molecule is CC(=O)Cc1cc(NC(=O)OC(C)(C)C)ccc1Cl. The van der Waals surface area contributed by atoms with Crippen molar-refractivity contribution < 1.29 is 14.3 Å². The first-order valence-corrected chi connectivity index (χ1v) is 6.33. The Hall–Kier alpha value is -1.55. The molecule has 5 heteroatoms. The molecular formula is C14H18ClNO3. The van der Waals surface area contributed by atoms with E-state index in [1.165, 1.54) is 6.92 Å². The molecule has 0 radical (unpaired) electrons. The van der Waals surface area contributed by atoms with Gasteiger partial charge in [-0.05, 0) is 51.5 Å². The van der Waals surface area contributed by atoms with Crippen molar-refractivity contribution in [3.05, 3.63) is 28.8 Å². The first kappa shape index (κ1) is 15.5. The van der Waals surface area contributed by atoms with Crippen LogP contribution in [-0.4, -0.2) is 17.5 Å². The molecule has 1 N–H and O–H groups in total. The normalized spacial score (nSPS) is 11.0. The molecule has 1 rings (SSSR count). The number of hydrogen-bond acceptors (Lipinski definition) is 3. The van der Waals surface area contributed by atoms with Gasteiger partial charge in [-0.3, -0.25) is 10.1 Å². The summed E-state index contributed by atoms with van der Waals surface area (Å²) in [5, 5.41) is 3.11. The molecule has 4 nitrogen and oxygen atoms in total. The van der Waals surface area contributed by atoms with Crippen molar-refractivity contribution in [3.63, 3.8) is 0 Å². The smallest absolute Gasteiger partial charge is 0.412 e. The predicted octanol–water partition coefficient (Wildman–Crippen LogP) is 3.82. The van der Waals surface area contributed by atoms with Crippen molar-refractivity contribution >= 4 is 29.2 Å². The molecule has 0 aliphatic rings. The fourth-order valence-electron chi connectivity index (χ4n) is 1.48. The number of carbonyl (C=O) groups is 2. The molecule has 1 aromatic rings. The summed E-state index contributed by atoms with van der Waals surface area (Å²) in [7, 11) is 0. The second kappa shape index (κ2) is 6.06. The molecule has 0 unspecified atom stereocenters. The third kappa shape index (κ3) is 5.75. The Bertz CT molecular complexity index is 492. The van der Waals surface area contributed by atoms with Gasteiger partial charge in [0.15, 0.2) is 0 Å². The highest BCUT2D eigenvalue weighted by Gasteiger charge is 2.16. The van der Waals surface area contributed by atoms with Crippen LogP contribution in [0.2, 0.25) is 5.02 Å². The van der Waals surface area contributed by atoms with Crippen molar-refractivity contribution in [2.75, 3.05) is 5.32 Å². The highest BCUT2D eigenvalue weighted by atomic mass is 35.5. The molecule has 0 bridgehead atoms. The first-order valence-electron chi connectivity index (χ1n) is 5.95. The molecule has 19 heavy (non-hydrogen) atoms. The monoisotopic (exact) mass is 283 g/mol. The number of carbonyl (C=O) groups excluding carboxylic acids is 2. The Morgan fingerprint density at radius 3 is 2.47 bits per heavy atom. The van der Waals surface area contributed by atoms with E-state index >= 15 is 0 Å². The molecule has 0 saturated carbocycles. The number of rotatable bonds is 3. The molecular weight excluding hydrogens is 266 g/mol. The zero-order valence-electron chi connectivity index (χ0n) is 11.5. The van der Waals surface area contributed by atoms with Gasteiger partial charge in [-0.2, -0.15) is 0 Å². The maximum atomic E-state index is 11.6. The van der Waals surface area contributed by atoms with Crippen LogP contribution >= 0.6 is 11.6 Å². The minimum absolute atomic E-state index is 0.0105. The highest BCUT2D eigenvalue weighted by molar-refractivity contribution is 6.31. The minimum Gasteiger partial charge on any atom is -0.444 e. The van der Waals surface area contributed by atoms with Gasteiger partial charge in [0.25, 0.3) is 0 Å². The van der Waals surface area contributed by atoms with Crippen LogP contribution in [0.1, 0.15) is 33.3 Å². The number of ketones is 1. The summed E-state index contributed by atoms with van der Waals surface area (Å²) >= 11 is 5.99. The van der Waals surface area contributed by atoms with Gasteiger partial charge in [0.1, 0.15) is 11.4 Å². The lowest BCUT2D eigenvalue weighted by Gasteiger charge is -2.19. The summed E-state index contributed by atoms with van der Waals surface area (Å²) in [5.41, 5.74) is 0.677. The fourth-order valence-corrected chi connectivity index (χ4v) is 1.66. The number of anilines is 1. The fraction of sp³-hybridized carbons (Fsp3) is 0.429. The number of Topliss-reactive ketones (excluding diaryl/α,β-unsaturated/α-hetero) is 1. The average Bonchev–Trinajstić information content (AvgIpc) is 2.19. The lowest BCUT2D eigenvalue weighted by atomic mass is 10.1. The van der Waals surface area contributed by atoms with Gasteiger partial charge in [-0.15, -0.1) is 0 Å². The Morgan fingerprint density at radius 1 is 1.32 bits per heavy atom. The van der Waals surface area contributed by atoms with Gasteiger partial charge >= 0.3 is 6.09 Å². The van der Waals surface area contributed by atoms with Crippen molar-refractivity contribution in [1.29, 1.82) is 0 Å². The molecule has 1 amide bonds. The third-order valence-electron chi connectivity index (χ3n) is 2.13. The number of amides is 1. The lowest BCUT2D eigenvalue weighted by Crippen LogP contribution is -2.27. The lowest BCUT2D eigenvalue weighted by molar-refractivity contribution is -0.116. The molecule has 0 spiro atoms. The van der Waals surface area contributed by atoms with E-state index < -0.39 is 11.7 Å². The van der Waals surface area contributed by atoms with Crippen LogP contribution in [-0.2, 0) is 16.0 Å². The number of benzene rings is 1. The largest absolute Gasteiger partial charge is 0.444 e. The van der Waals surface area contributed by atoms with Gasteiger partial charge in [0.2, 0.25) is 0 Å². The van der Waals surface area contributed by atoms with E-state index in [1.807, 2.05) is 0 Å². The molecule has 0 heterocycles. The van der Waals surface area contributed by atoms with Crippen LogP contribution in [0.25, 0.3) is 0 Å². The molecule has 1 aromatic carbocycles. The van der Waals surface area contributed by atoms with E-state index in [4.69, 9.17) is 16.3 Å². The van der Waals surface area contributed by atoms with Gasteiger partial charge in [-0.25, -0.2) is 4.79 Å². The second-order valence-corrected chi connectivity index (χ2v) is 5.72. The van der Waals surface area contributed by atoms with Crippen molar-refractivity contribution in [3.8, 4) is 0 Å². The highest BCUT2D eigenvalue weighted by Crippen LogP contribution is 2.22. The average molecular weight is 284 g/mol. The van der Waals surface area contributed by atoms with E-state index in [2.05, 4.69) is 5.32 Å². The number of hydrogen-bond donors (Lipinski definition) is 1. The molecule has 0 atom stereocenters. The van der Waals surface area contributed by atoms with Crippen LogP contribution in [0, 0.1) is 0 Å². The summed E-state index contributed by atoms with van der Waals surface area (Å²) in [6, 6.07) is 4.98. The summed E-state index contributed by atoms with van der Waals surface area (Å²) in [5.74, 6) is 0.0105. The quantitative estimate of drug-likeness (QED) is 0.917. The van der Waals surface area contributed by atoms with E-state index in [0.29, 0.717) is 16.3 Å². The van der Waals surface area contributed by atoms with Gasteiger partial charge in [0.05, 0.1) is 0 Å². The summed E-state index contributed by atoms with van der Waals surface area (Å²) in [4.78, 5) is 22.7. The van der Waals surface area contributed by atoms with Gasteiger partial charge in [-0.1, -0.05) is 11.6 Å². The van der Waals surface area contributed by atoms with Crippen LogP contribution < -0.4 is 5.32 Å². The summed E-state index contributed by atoms with van der Waals surface area (Å²) in [6.45, 7) is 6.85. The van der Waals surface area contributed by atoms with Crippen LogP contribution in [0.4, 0.5) is 10.5 Å². The molecule has 0 aromatic heterocycles. The van der Waals surface area contributed by atoms with Gasteiger partial charge in [0, 0.05) is 17.1 Å². The number of halogens is 1. The van der Waals surface area contributed by atoms with E-state index in [0.717, 1.165) is 0 Å². The van der Waals surface area contributed by atoms with Crippen molar-refractivity contribution in [2.45, 2.75) is 39.7 Å². The Kier molecular flexibility index (Phi) is 4.95. The topological polar surface area (TPSA) is 55.4 Å². The number of nitrogens with one attached hydrogen (secondary N) is 1. The van der Waals surface area contributed by atoms with E-state index in [9.17, 15) is 9.59 Å². The standard InChI is InChI=1S/C14H18ClNO3/c1-9(17)7-10-8-11(5-6-12(10)15)16-13(18)19-14(2,3)4/h5-6,8H,7H2,1-4H3,(H,16,18).